The van der Waals surface area contributed by atoms with E-state index in [4.69, 9.17) is 11.6 Å². The standard InChI is InChI=1S/C34H61ClN4/c1-6-7-8-9-15-33(16-10-13-31(2)29-38-24-20-36(4)21-25-38)17-12-19-34(28-35)18-11-14-32(3)30-39-26-22-37(5)23-27-39/h13-15,19H,6-12,16-18,20-30H2,1-5H3/b31-13-,32-14-,33-15+,34-19+. The number of unbranched alkanes of at least 4 members (excludes halogenated alkanes) is 3. The van der Waals surface area contributed by atoms with Gasteiger partial charge in [-0.15, -0.1) is 11.6 Å². The number of piperazine rings is 2. The van der Waals surface area contributed by atoms with E-state index in [1.54, 1.807) is 5.57 Å². The van der Waals surface area contributed by atoms with E-state index in [0.717, 1.165) is 32.4 Å². The maximum atomic E-state index is 6.36. The summed E-state index contributed by atoms with van der Waals surface area (Å²) in [4.78, 5) is 10.0. The highest BCUT2D eigenvalue weighted by molar-refractivity contribution is 6.19. The normalized spacial score (nSPS) is 20.3. The molecular weight excluding hydrogens is 500 g/mol. The van der Waals surface area contributed by atoms with Crippen LogP contribution in [0.3, 0.4) is 0 Å². The molecule has 2 saturated heterocycles. The Balaban J connectivity index is 1.77. The first kappa shape index (κ1) is 34.3. The molecule has 0 aromatic heterocycles. The van der Waals surface area contributed by atoms with E-state index in [1.165, 1.54) is 114 Å². The second-order valence-corrected chi connectivity index (χ2v) is 12.5. The molecule has 0 aliphatic carbocycles. The van der Waals surface area contributed by atoms with Gasteiger partial charge in [-0.3, -0.25) is 9.80 Å². The number of halogens is 1. The minimum Gasteiger partial charge on any atom is -0.304 e. The fourth-order valence-corrected chi connectivity index (χ4v) is 5.81. The highest BCUT2D eigenvalue weighted by atomic mass is 35.5. The first-order chi connectivity index (χ1) is 18.9. The van der Waals surface area contributed by atoms with Crippen LogP contribution < -0.4 is 0 Å². The molecule has 5 heteroatoms. The predicted molar refractivity (Wildman–Crippen MR) is 174 cm³/mol. The molecule has 0 aromatic rings. The Labute approximate surface area is 247 Å². The Bertz CT molecular complexity index is 768. The molecule has 4 nitrogen and oxygen atoms in total. The van der Waals surface area contributed by atoms with E-state index in [0.29, 0.717) is 5.88 Å². The Morgan fingerprint density at radius 1 is 0.590 bits per heavy atom. The number of hydrogen-bond donors (Lipinski definition) is 0. The van der Waals surface area contributed by atoms with E-state index >= 15 is 0 Å². The third-order valence-corrected chi connectivity index (χ3v) is 8.71. The van der Waals surface area contributed by atoms with E-state index in [2.05, 4.69) is 78.8 Å². The monoisotopic (exact) mass is 560 g/mol. The number of alkyl halides is 1. The van der Waals surface area contributed by atoms with Gasteiger partial charge >= 0.3 is 0 Å². The van der Waals surface area contributed by atoms with E-state index in [9.17, 15) is 0 Å². The SMILES string of the molecule is CCCCC/C=C(\CC/C=C(/C)CN1CCN(C)CC1)CC/C=C(/CCl)CC/C=C(/C)CN1CCN(C)CC1. The van der Waals surface area contributed by atoms with Gasteiger partial charge in [0.25, 0.3) is 0 Å². The highest BCUT2D eigenvalue weighted by Gasteiger charge is 2.14. The average molecular weight is 561 g/mol. The maximum absolute atomic E-state index is 6.36. The van der Waals surface area contributed by atoms with Crippen molar-refractivity contribution in [2.45, 2.75) is 85.0 Å². The van der Waals surface area contributed by atoms with Gasteiger partial charge in [0.2, 0.25) is 0 Å². The van der Waals surface area contributed by atoms with Gasteiger partial charge in [0.05, 0.1) is 0 Å². The number of hydrogen-bond acceptors (Lipinski definition) is 4. The zero-order valence-electron chi connectivity index (χ0n) is 26.3. The van der Waals surface area contributed by atoms with E-state index in [-0.39, 0.29) is 0 Å². The van der Waals surface area contributed by atoms with Crippen molar-refractivity contribution in [2.24, 2.45) is 0 Å². The van der Waals surface area contributed by atoms with Gasteiger partial charge in [0.15, 0.2) is 0 Å². The fraction of sp³-hybridized carbons (Fsp3) is 0.765. The third-order valence-electron chi connectivity index (χ3n) is 8.37. The Morgan fingerprint density at radius 3 is 1.49 bits per heavy atom. The summed E-state index contributed by atoms with van der Waals surface area (Å²) >= 11 is 6.36. The van der Waals surface area contributed by atoms with Crippen LogP contribution in [0.2, 0.25) is 0 Å². The Morgan fingerprint density at radius 2 is 1.03 bits per heavy atom. The number of rotatable bonds is 18. The van der Waals surface area contributed by atoms with Gasteiger partial charge in [-0.05, 0) is 79.3 Å². The summed E-state index contributed by atoms with van der Waals surface area (Å²) in [5.41, 5.74) is 6.09. The zero-order chi connectivity index (χ0) is 28.3. The molecule has 0 N–H and O–H groups in total. The summed E-state index contributed by atoms with van der Waals surface area (Å²) in [5.74, 6) is 0.662. The maximum Gasteiger partial charge on any atom is 0.0433 e. The molecule has 0 spiro atoms. The molecule has 0 saturated carbocycles. The smallest absolute Gasteiger partial charge is 0.0433 e. The predicted octanol–water partition coefficient (Wildman–Crippen LogP) is 7.39. The number of allylic oxidation sites excluding steroid dienone is 6. The molecular formula is C34H61ClN4. The van der Waals surface area contributed by atoms with Crippen LogP contribution in [0.5, 0.6) is 0 Å². The molecule has 2 aliphatic rings. The lowest BCUT2D eigenvalue weighted by molar-refractivity contribution is 0.164. The Kier molecular flexibility index (Phi) is 18.4. The average Bonchev–Trinajstić information content (AvgIpc) is 2.92. The van der Waals surface area contributed by atoms with Crippen molar-refractivity contribution >= 4 is 11.6 Å². The first-order valence-electron chi connectivity index (χ1n) is 15.9. The molecule has 39 heavy (non-hydrogen) atoms. The van der Waals surface area contributed by atoms with Crippen molar-refractivity contribution in [3.63, 3.8) is 0 Å². The van der Waals surface area contributed by atoms with Crippen LogP contribution in [0.15, 0.2) is 46.6 Å². The first-order valence-corrected chi connectivity index (χ1v) is 16.5. The zero-order valence-corrected chi connectivity index (χ0v) is 27.1. The van der Waals surface area contributed by atoms with Crippen molar-refractivity contribution in [1.29, 1.82) is 0 Å². The largest absolute Gasteiger partial charge is 0.304 e. The molecule has 0 unspecified atom stereocenters. The van der Waals surface area contributed by atoms with Gasteiger partial charge < -0.3 is 9.80 Å². The summed E-state index contributed by atoms with van der Waals surface area (Å²) in [7, 11) is 4.45. The molecule has 0 amide bonds. The second-order valence-electron chi connectivity index (χ2n) is 12.2. The minimum absolute atomic E-state index is 0.662. The van der Waals surface area contributed by atoms with Crippen molar-refractivity contribution in [3.8, 4) is 0 Å². The lowest BCUT2D eigenvalue weighted by Crippen LogP contribution is -2.44. The fourth-order valence-electron chi connectivity index (χ4n) is 5.57. The molecule has 0 radical (unpaired) electrons. The second kappa shape index (κ2) is 20.9. The van der Waals surface area contributed by atoms with E-state index in [1.807, 2.05) is 0 Å². The van der Waals surface area contributed by atoms with Crippen LogP contribution in [0, 0.1) is 0 Å². The molecule has 2 fully saturated rings. The highest BCUT2D eigenvalue weighted by Crippen LogP contribution is 2.19. The molecule has 2 heterocycles. The van der Waals surface area contributed by atoms with Crippen LogP contribution in [0.4, 0.5) is 0 Å². The lowest BCUT2D eigenvalue weighted by atomic mass is 9.99. The molecule has 0 bridgehead atoms. The molecule has 2 aliphatic heterocycles. The van der Waals surface area contributed by atoms with Crippen LogP contribution in [0.25, 0.3) is 0 Å². The van der Waals surface area contributed by atoms with Crippen LogP contribution >= 0.6 is 11.6 Å². The lowest BCUT2D eigenvalue weighted by Gasteiger charge is -2.32. The van der Waals surface area contributed by atoms with Crippen LogP contribution in [0.1, 0.15) is 85.0 Å². The van der Waals surface area contributed by atoms with Crippen LogP contribution in [-0.4, -0.2) is 105 Å². The van der Waals surface area contributed by atoms with Gasteiger partial charge in [-0.2, -0.15) is 0 Å². The summed E-state index contributed by atoms with van der Waals surface area (Å²) in [5, 5.41) is 0. The van der Waals surface area contributed by atoms with Crippen molar-refractivity contribution in [2.75, 3.05) is 85.4 Å². The topological polar surface area (TPSA) is 13.0 Å². The van der Waals surface area contributed by atoms with Crippen molar-refractivity contribution in [3.05, 3.63) is 46.6 Å². The summed E-state index contributed by atoms with van der Waals surface area (Å²) in [6, 6.07) is 0. The summed E-state index contributed by atoms with van der Waals surface area (Å²) < 4.78 is 0. The molecule has 224 valence electrons. The Hall–Kier alpha value is -0.910. The van der Waals surface area contributed by atoms with E-state index < -0.39 is 0 Å². The van der Waals surface area contributed by atoms with Gasteiger partial charge in [0, 0.05) is 71.3 Å². The van der Waals surface area contributed by atoms with Gasteiger partial charge in [-0.1, -0.05) is 66.4 Å². The molecule has 0 aromatic carbocycles. The van der Waals surface area contributed by atoms with Crippen LogP contribution in [-0.2, 0) is 0 Å². The quantitative estimate of drug-likeness (QED) is 0.0984. The molecule has 2 rings (SSSR count). The van der Waals surface area contributed by atoms with Crippen molar-refractivity contribution < 1.29 is 0 Å². The van der Waals surface area contributed by atoms with Gasteiger partial charge in [-0.25, -0.2) is 0 Å². The summed E-state index contributed by atoms with van der Waals surface area (Å²) in [6.07, 6.45) is 22.0. The number of likely N-dealkylation sites (N-methyl/N-ethyl adjacent to an activating group) is 2. The van der Waals surface area contributed by atoms with Crippen molar-refractivity contribution in [1.82, 2.24) is 19.6 Å². The third kappa shape index (κ3) is 16.2. The summed E-state index contributed by atoms with van der Waals surface area (Å²) in [6.45, 7) is 18.7. The number of nitrogens with zero attached hydrogens (tertiary/aromatic N) is 4. The van der Waals surface area contributed by atoms with Gasteiger partial charge in [0.1, 0.15) is 0 Å². The molecule has 0 atom stereocenters. The minimum atomic E-state index is 0.662.